The number of rotatable bonds is 2. The largest absolute Gasteiger partial charge is 0.508 e. The first kappa shape index (κ1) is 11.7. The lowest BCUT2D eigenvalue weighted by molar-refractivity contribution is 0.476. The summed E-state index contributed by atoms with van der Waals surface area (Å²) >= 11 is 0. The molecule has 4 nitrogen and oxygen atoms in total. The van der Waals surface area contributed by atoms with E-state index in [-0.39, 0.29) is 5.75 Å². The van der Waals surface area contributed by atoms with Crippen LogP contribution in [0.1, 0.15) is 5.56 Å². The first-order chi connectivity index (χ1) is 9.19. The number of pyridine rings is 1. The van der Waals surface area contributed by atoms with E-state index in [9.17, 15) is 5.11 Å². The highest BCUT2D eigenvalue weighted by molar-refractivity contribution is 5.87. The van der Waals surface area contributed by atoms with Gasteiger partial charge in [-0.05, 0) is 29.8 Å². The summed E-state index contributed by atoms with van der Waals surface area (Å²) in [7, 11) is 1.97. The Morgan fingerprint density at radius 2 is 2.05 bits per heavy atom. The van der Waals surface area contributed by atoms with Gasteiger partial charge in [0.05, 0.1) is 16.9 Å². The third-order valence-electron chi connectivity index (χ3n) is 3.35. The first-order valence-electron chi connectivity index (χ1n) is 6.13. The van der Waals surface area contributed by atoms with Crippen LogP contribution in [0.5, 0.6) is 5.75 Å². The van der Waals surface area contributed by atoms with Crippen molar-refractivity contribution in [1.82, 2.24) is 9.55 Å². The second-order valence-electron chi connectivity index (χ2n) is 4.59. The van der Waals surface area contributed by atoms with Gasteiger partial charge in [-0.3, -0.25) is 4.98 Å². The molecule has 96 valence electrons. The number of hydrogen-bond donors (Lipinski definition) is 2. The van der Waals surface area contributed by atoms with Crippen LogP contribution in [-0.4, -0.2) is 14.7 Å². The van der Waals surface area contributed by atoms with Crippen LogP contribution in [0.3, 0.4) is 0 Å². The van der Waals surface area contributed by atoms with Crippen molar-refractivity contribution in [3.8, 4) is 17.1 Å². The fourth-order valence-corrected chi connectivity index (χ4v) is 2.26. The fraction of sp³-hybridized carbons (Fsp3) is 0.133. The predicted octanol–water partition coefficient (Wildman–Crippen LogP) is 2.40. The van der Waals surface area contributed by atoms with Gasteiger partial charge >= 0.3 is 0 Å². The van der Waals surface area contributed by atoms with Gasteiger partial charge in [0, 0.05) is 31.2 Å². The molecule has 0 bridgehead atoms. The Labute approximate surface area is 111 Å². The van der Waals surface area contributed by atoms with Gasteiger partial charge in [-0.15, -0.1) is 0 Å². The van der Waals surface area contributed by atoms with Gasteiger partial charge in [-0.1, -0.05) is 6.07 Å². The predicted molar refractivity (Wildman–Crippen MR) is 75.7 cm³/mol. The second kappa shape index (κ2) is 4.40. The van der Waals surface area contributed by atoms with Crippen molar-refractivity contribution >= 4 is 10.9 Å². The maximum atomic E-state index is 9.56. The van der Waals surface area contributed by atoms with Crippen LogP contribution in [0.4, 0.5) is 0 Å². The summed E-state index contributed by atoms with van der Waals surface area (Å²) in [5, 5.41) is 10.6. The van der Waals surface area contributed by atoms with Gasteiger partial charge in [0.1, 0.15) is 5.75 Å². The molecular formula is C15H15N3O. The summed E-state index contributed by atoms with van der Waals surface area (Å²) in [5.74, 6) is 0.270. The van der Waals surface area contributed by atoms with E-state index in [0.29, 0.717) is 6.54 Å². The molecule has 0 amide bonds. The summed E-state index contributed by atoms with van der Waals surface area (Å²) in [6.45, 7) is 0.496. The van der Waals surface area contributed by atoms with E-state index in [2.05, 4.69) is 11.1 Å². The standard InChI is InChI=1S/C15H15N3O/c1-18-14-7-12(19)4-3-11(14)6-15(18)13-5-2-10(8-16)9-17-13/h2-7,9,19H,8,16H2,1H3. The topological polar surface area (TPSA) is 64.1 Å². The summed E-state index contributed by atoms with van der Waals surface area (Å²) < 4.78 is 2.03. The lowest BCUT2D eigenvalue weighted by Gasteiger charge is -2.04. The van der Waals surface area contributed by atoms with Crippen LogP contribution in [-0.2, 0) is 13.6 Å². The number of benzene rings is 1. The lowest BCUT2D eigenvalue weighted by atomic mass is 10.2. The third kappa shape index (κ3) is 1.96. The quantitative estimate of drug-likeness (QED) is 0.737. The highest BCUT2D eigenvalue weighted by atomic mass is 16.3. The van der Waals surface area contributed by atoms with Crippen molar-refractivity contribution in [2.75, 3.05) is 0 Å². The van der Waals surface area contributed by atoms with Gasteiger partial charge in [0.25, 0.3) is 0 Å². The minimum Gasteiger partial charge on any atom is -0.508 e. The molecule has 0 saturated heterocycles. The molecule has 0 radical (unpaired) electrons. The smallest absolute Gasteiger partial charge is 0.117 e. The molecule has 0 aliphatic heterocycles. The van der Waals surface area contributed by atoms with Gasteiger partial charge in [-0.25, -0.2) is 0 Å². The first-order valence-corrected chi connectivity index (χ1v) is 6.13. The fourth-order valence-electron chi connectivity index (χ4n) is 2.26. The van der Waals surface area contributed by atoms with Crippen molar-refractivity contribution < 1.29 is 5.11 Å². The van der Waals surface area contributed by atoms with E-state index < -0.39 is 0 Å². The molecule has 0 fully saturated rings. The zero-order valence-corrected chi connectivity index (χ0v) is 10.7. The molecule has 3 rings (SSSR count). The van der Waals surface area contributed by atoms with Crippen molar-refractivity contribution in [3.63, 3.8) is 0 Å². The van der Waals surface area contributed by atoms with Crippen molar-refractivity contribution in [3.05, 3.63) is 48.2 Å². The Hall–Kier alpha value is -2.33. The van der Waals surface area contributed by atoms with Crippen LogP contribution in [0.2, 0.25) is 0 Å². The summed E-state index contributed by atoms with van der Waals surface area (Å²) in [6.07, 6.45) is 1.80. The van der Waals surface area contributed by atoms with Gasteiger partial charge in [0.2, 0.25) is 0 Å². The Kier molecular flexibility index (Phi) is 2.72. The average Bonchev–Trinajstić information content (AvgIpc) is 2.76. The molecule has 3 N–H and O–H groups in total. The summed E-state index contributed by atoms with van der Waals surface area (Å²) in [4.78, 5) is 4.43. The van der Waals surface area contributed by atoms with Gasteiger partial charge < -0.3 is 15.4 Å². The Morgan fingerprint density at radius 1 is 1.21 bits per heavy atom. The number of aromatic hydroxyl groups is 1. The molecule has 1 aromatic carbocycles. The van der Waals surface area contributed by atoms with E-state index in [0.717, 1.165) is 27.9 Å². The zero-order chi connectivity index (χ0) is 13.4. The molecule has 0 unspecified atom stereocenters. The number of fused-ring (bicyclic) bond motifs is 1. The number of phenolic OH excluding ortho intramolecular Hbond substituents is 1. The van der Waals surface area contributed by atoms with E-state index in [1.54, 1.807) is 18.3 Å². The highest BCUT2D eigenvalue weighted by Gasteiger charge is 2.09. The van der Waals surface area contributed by atoms with E-state index >= 15 is 0 Å². The summed E-state index contributed by atoms with van der Waals surface area (Å²) in [6, 6.07) is 11.4. The Balaban J connectivity index is 2.16. The normalized spacial score (nSPS) is 11.1. The Morgan fingerprint density at radius 3 is 2.74 bits per heavy atom. The molecule has 3 aromatic rings. The third-order valence-corrected chi connectivity index (χ3v) is 3.35. The van der Waals surface area contributed by atoms with E-state index in [4.69, 9.17) is 5.73 Å². The van der Waals surface area contributed by atoms with Crippen LogP contribution in [0, 0.1) is 0 Å². The number of phenols is 1. The molecule has 4 heteroatoms. The van der Waals surface area contributed by atoms with Crippen LogP contribution < -0.4 is 5.73 Å². The van der Waals surface area contributed by atoms with Crippen LogP contribution >= 0.6 is 0 Å². The maximum absolute atomic E-state index is 9.56. The Bertz CT molecular complexity index is 729. The van der Waals surface area contributed by atoms with Crippen LogP contribution in [0.25, 0.3) is 22.3 Å². The van der Waals surface area contributed by atoms with E-state index in [1.165, 1.54) is 0 Å². The van der Waals surface area contributed by atoms with Crippen molar-refractivity contribution in [1.29, 1.82) is 0 Å². The minimum atomic E-state index is 0.270. The van der Waals surface area contributed by atoms with Crippen LogP contribution in [0.15, 0.2) is 42.6 Å². The second-order valence-corrected chi connectivity index (χ2v) is 4.59. The highest BCUT2D eigenvalue weighted by Crippen LogP contribution is 2.28. The molecular weight excluding hydrogens is 238 g/mol. The zero-order valence-electron chi connectivity index (χ0n) is 10.7. The van der Waals surface area contributed by atoms with Gasteiger partial charge in [-0.2, -0.15) is 0 Å². The molecule has 2 aromatic heterocycles. The van der Waals surface area contributed by atoms with Crippen molar-refractivity contribution in [2.24, 2.45) is 12.8 Å². The number of nitrogens with two attached hydrogens (primary N) is 1. The molecule has 0 atom stereocenters. The summed E-state index contributed by atoms with van der Waals surface area (Å²) in [5.41, 5.74) is 9.49. The molecule has 0 aliphatic carbocycles. The van der Waals surface area contributed by atoms with E-state index in [1.807, 2.05) is 29.8 Å². The molecule has 2 heterocycles. The van der Waals surface area contributed by atoms with Gasteiger partial charge in [0.15, 0.2) is 0 Å². The average molecular weight is 253 g/mol. The molecule has 0 aliphatic rings. The SMILES string of the molecule is Cn1c(-c2ccc(CN)cn2)cc2ccc(O)cc21. The number of aryl methyl sites for hydroxylation is 1. The maximum Gasteiger partial charge on any atom is 0.117 e. The minimum absolute atomic E-state index is 0.270. The number of hydrogen-bond acceptors (Lipinski definition) is 3. The molecule has 19 heavy (non-hydrogen) atoms. The van der Waals surface area contributed by atoms with Crippen molar-refractivity contribution in [2.45, 2.75) is 6.54 Å². The molecule has 0 saturated carbocycles. The number of nitrogens with zero attached hydrogens (tertiary/aromatic N) is 2. The monoisotopic (exact) mass is 253 g/mol. The molecule has 0 spiro atoms. The lowest BCUT2D eigenvalue weighted by Crippen LogP contribution is -1.98. The number of aromatic nitrogens is 2.